The minimum absolute atomic E-state index is 0.168. The molecule has 4 rings (SSSR count). The standard InChI is InChI=1S/C38H46N4O3S/c1-38(2,39-3)22-11-18-35(43)41(4)34(26-29-19-20-30-15-9-10-16-31(30)25-29)37(45)42(5)33(27-32-17-12-24-46-32)36(44)40-23-21-28-13-7-6-8-14-28/h6-20,24-25,33-34,39H,21-23,26-27H2,1-5H3,(H,40,44)/b18-11+/t33-,34-/m1/s1. The van der Waals surface area contributed by atoms with Gasteiger partial charge in [0.1, 0.15) is 12.1 Å². The SMILES string of the molecule is CNC(C)(C)C/C=C/C(=O)N(C)[C@H](Cc1ccc2ccccc2c1)C(=O)N(C)[C@H](Cc1cccs1)C(=O)NCCc1ccccc1. The summed E-state index contributed by atoms with van der Waals surface area (Å²) in [7, 11) is 5.23. The first-order chi connectivity index (χ1) is 22.1. The molecule has 242 valence electrons. The Labute approximate surface area is 277 Å². The molecule has 3 amide bonds. The van der Waals surface area contributed by atoms with Gasteiger partial charge < -0.3 is 20.4 Å². The minimum atomic E-state index is -0.816. The molecule has 2 N–H and O–H groups in total. The lowest BCUT2D eigenvalue weighted by molar-refractivity contribution is -0.146. The van der Waals surface area contributed by atoms with Gasteiger partial charge in [-0.25, -0.2) is 0 Å². The van der Waals surface area contributed by atoms with Gasteiger partial charge in [-0.3, -0.25) is 14.4 Å². The number of thiophene rings is 1. The van der Waals surface area contributed by atoms with E-state index in [9.17, 15) is 14.4 Å². The number of carbonyl (C=O) groups excluding carboxylic acids is 3. The molecule has 1 heterocycles. The van der Waals surface area contributed by atoms with Crippen molar-refractivity contribution in [2.24, 2.45) is 0 Å². The lowest BCUT2D eigenvalue weighted by Gasteiger charge is -2.34. The van der Waals surface area contributed by atoms with E-state index in [0.29, 0.717) is 32.2 Å². The summed E-state index contributed by atoms with van der Waals surface area (Å²) < 4.78 is 0. The number of nitrogens with zero attached hydrogens (tertiary/aromatic N) is 2. The molecule has 3 aromatic carbocycles. The van der Waals surface area contributed by atoms with Crippen LogP contribution in [0.15, 0.2) is 102 Å². The summed E-state index contributed by atoms with van der Waals surface area (Å²) in [6.45, 7) is 4.58. The quantitative estimate of drug-likeness (QED) is 0.165. The Morgan fingerprint density at radius 1 is 0.826 bits per heavy atom. The Morgan fingerprint density at radius 3 is 2.24 bits per heavy atom. The molecular formula is C38H46N4O3S. The van der Waals surface area contributed by atoms with Gasteiger partial charge in [-0.05, 0) is 73.2 Å². The lowest BCUT2D eigenvalue weighted by atomic mass is 9.98. The average molecular weight is 639 g/mol. The molecule has 0 fully saturated rings. The van der Waals surface area contributed by atoms with Crippen molar-refractivity contribution in [3.8, 4) is 0 Å². The van der Waals surface area contributed by atoms with E-state index >= 15 is 0 Å². The van der Waals surface area contributed by atoms with Crippen molar-refractivity contribution in [1.29, 1.82) is 0 Å². The van der Waals surface area contributed by atoms with E-state index in [-0.39, 0.29) is 23.3 Å². The van der Waals surface area contributed by atoms with E-state index in [1.165, 1.54) is 9.80 Å². The number of nitrogens with one attached hydrogen (secondary N) is 2. The maximum atomic E-state index is 14.4. The molecule has 46 heavy (non-hydrogen) atoms. The molecule has 0 aliphatic heterocycles. The van der Waals surface area contributed by atoms with Gasteiger partial charge in [0.05, 0.1) is 0 Å². The monoisotopic (exact) mass is 638 g/mol. The van der Waals surface area contributed by atoms with Crippen LogP contribution in [0.1, 0.15) is 36.3 Å². The normalized spacial score (nSPS) is 13.0. The van der Waals surface area contributed by atoms with Gasteiger partial charge in [-0.2, -0.15) is 0 Å². The van der Waals surface area contributed by atoms with Crippen LogP contribution < -0.4 is 10.6 Å². The van der Waals surface area contributed by atoms with Crippen molar-refractivity contribution in [3.63, 3.8) is 0 Å². The molecule has 7 nitrogen and oxygen atoms in total. The largest absolute Gasteiger partial charge is 0.354 e. The first-order valence-corrected chi connectivity index (χ1v) is 16.7. The molecule has 1 aromatic heterocycles. The zero-order valence-corrected chi connectivity index (χ0v) is 28.3. The van der Waals surface area contributed by atoms with Crippen molar-refractivity contribution >= 4 is 39.8 Å². The Balaban J connectivity index is 1.59. The Kier molecular flexibility index (Phi) is 12.3. The van der Waals surface area contributed by atoms with Crippen LogP contribution in [-0.2, 0) is 33.6 Å². The minimum Gasteiger partial charge on any atom is -0.354 e. The molecule has 2 atom stereocenters. The summed E-state index contributed by atoms with van der Waals surface area (Å²) in [5.41, 5.74) is 1.90. The Hall–Kier alpha value is -4.27. The van der Waals surface area contributed by atoms with Crippen molar-refractivity contribution < 1.29 is 14.4 Å². The molecule has 0 unspecified atom stereocenters. The first kappa shape index (κ1) is 34.6. The van der Waals surface area contributed by atoms with Crippen LogP contribution in [0.25, 0.3) is 10.8 Å². The maximum absolute atomic E-state index is 14.4. The van der Waals surface area contributed by atoms with Crippen LogP contribution in [0.2, 0.25) is 0 Å². The van der Waals surface area contributed by atoms with Gasteiger partial charge >= 0.3 is 0 Å². The molecule has 0 bridgehead atoms. The molecule has 0 saturated heterocycles. The number of likely N-dealkylation sites (N-methyl/N-ethyl adjacent to an activating group) is 2. The van der Waals surface area contributed by atoms with Crippen LogP contribution in [0.3, 0.4) is 0 Å². The molecule has 0 saturated carbocycles. The highest BCUT2D eigenvalue weighted by Crippen LogP contribution is 2.21. The average Bonchev–Trinajstić information content (AvgIpc) is 3.59. The van der Waals surface area contributed by atoms with Crippen LogP contribution in [0, 0.1) is 0 Å². The summed E-state index contributed by atoms with van der Waals surface area (Å²) in [5.74, 6) is -0.762. The van der Waals surface area contributed by atoms with E-state index in [1.807, 2.05) is 97.4 Å². The highest BCUT2D eigenvalue weighted by molar-refractivity contribution is 7.09. The second kappa shape index (κ2) is 16.3. The molecule has 8 heteroatoms. The number of carbonyl (C=O) groups is 3. The Morgan fingerprint density at radius 2 is 1.54 bits per heavy atom. The number of hydrogen-bond donors (Lipinski definition) is 2. The van der Waals surface area contributed by atoms with E-state index in [0.717, 1.165) is 26.8 Å². The predicted octanol–water partition coefficient (Wildman–Crippen LogP) is 5.64. The highest BCUT2D eigenvalue weighted by Gasteiger charge is 2.35. The lowest BCUT2D eigenvalue weighted by Crippen LogP contribution is -2.56. The summed E-state index contributed by atoms with van der Waals surface area (Å²) in [5, 5.41) is 10.4. The van der Waals surface area contributed by atoms with Crippen molar-refractivity contribution in [2.75, 3.05) is 27.7 Å². The zero-order valence-electron chi connectivity index (χ0n) is 27.5. The number of hydrogen-bond acceptors (Lipinski definition) is 5. The van der Waals surface area contributed by atoms with Crippen LogP contribution in [0.5, 0.6) is 0 Å². The molecule has 0 radical (unpaired) electrons. The second-order valence-electron chi connectivity index (χ2n) is 12.4. The molecular weight excluding hydrogens is 593 g/mol. The zero-order chi connectivity index (χ0) is 33.1. The van der Waals surface area contributed by atoms with Gasteiger partial charge in [0.15, 0.2) is 0 Å². The van der Waals surface area contributed by atoms with E-state index in [2.05, 4.69) is 30.5 Å². The number of rotatable bonds is 15. The third-order valence-electron chi connectivity index (χ3n) is 8.56. The summed E-state index contributed by atoms with van der Waals surface area (Å²) in [6.07, 6.45) is 5.42. The van der Waals surface area contributed by atoms with Crippen molar-refractivity contribution in [2.45, 2.75) is 57.2 Å². The topological polar surface area (TPSA) is 81.8 Å². The fourth-order valence-corrected chi connectivity index (χ4v) is 6.06. The van der Waals surface area contributed by atoms with Crippen LogP contribution in [-0.4, -0.2) is 72.8 Å². The predicted molar refractivity (Wildman–Crippen MR) is 189 cm³/mol. The number of amides is 3. The van der Waals surface area contributed by atoms with Gasteiger partial charge in [-0.1, -0.05) is 84.9 Å². The van der Waals surface area contributed by atoms with Crippen molar-refractivity contribution in [3.05, 3.63) is 118 Å². The number of benzene rings is 3. The molecule has 4 aromatic rings. The first-order valence-electron chi connectivity index (χ1n) is 15.8. The van der Waals surface area contributed by atoms with Gasteiger partial charge in [-0.15, -0.1) is 11.3 Å². The van der Waals surface area contributed by atoms with Gasteiger partial charge in [0.2, 0.25) is 17.7 Å². The molecule has 0 aliphatic rings. The maximum Gasteiger partial charge on any atom is 0.246 e. The van der Waals surface area contributed by atoms with E-state index < -0.39 is 12.1 Å². The fraction of sp³-hybridized carbons (Fsp3) is 0.342. The third kappa shape index (κ3) is 9.61. The smallest absolute Gasteiger partial charge is 0.246 e. The highest BCUT2D eigenvalue weighted by atomic mass is 32.1. The van der Waals surface area contributed by atoms with E-state index in [4.69, 9.17) is 0 Å². The third-order valence-corrected chi connectivity index (χ3v) is 9.46. The van der Waals surface area contributed by atoms with Crippen LogP contribution in [0.4, 0.5) is 0 Å². The summed E-state index contributed by atoms with van der Waals surface area (Å²) in [6, 6.07) is 26.5. The molecule has 0 aliphatic carbocycles. The summed E-state index contributed by atoms with van der Waals surface area (Å²) in [4.78, 5) is 45.7. The Bertz CT molecular complexity index is 1620. The van der Waals surface area contributed by atoms with E-state index in [1.54, 1.807) is 31.5 Å². The van der Waals surface area contributed by atoms with Gasteiger partial charge in [0, 0.05) is 43.9 Å². The van der Waals surface area contributed by atoms with Crippen LogP contribution >= 0.6 is 11.3 Å². The second-order valence-corrected chi connectivity index (χ2v) is 13.4. The molecule has 0 spiro atoms. The summed E-state index contributed by atoms with van der Waals surface area (Å²) >= 11 is 1.56. The van der Waals surface area contributed by atoms with Crippen molar-refractivity contribution in [1.82, 2.24) is 20.4 Å². The van der Waals surface area contributed by atoms with Gasteiger partial charge in [0.25, 0.3) is 0 Å². The fourth-order valence-electron chi connectivity index (χ4n) is 5.31. The number of fused-ring (bicyclic) bond motifs is 1.